The van der Waals surface area contributed by atoms with Crippen molar-refractivity contribution in [3.63, 3.8) is 0 Å². The smallest absolute Gasteiger partial charge is 0.269 e. The summed E-state index contributed by atoms with van der Waals surface area (Å²) in [6, 6.07) is 5.19. The minimum atomic E-state index is -0.795. The number of azide groups is 1. The highest BCUT2D eigenvalue weighted by molar-refractivity contribution is 5.65. The molecule has 1 aromatic carbocycles. The van der Waals surface area contributed by atoms with Gasteiger partial charge in [0.15, 0.2) is 0 Å². The highest BCUT2D eigenvalue weighted by atomic mass is 19.1. The fourth-order valence-corrected chi connectivity index (χ4v) is 1.78. The van der Waals surface area contributed by atoms with Crippen molar-refractivity contribution in [2.24, 2.45) is 5.11 Å². The highest BCUT2D eigenvalue weighted by Gasteiger charge is 2.17. The van der Waals surface area contributed by atoms with E-state index < -0.39 is 17.6 Å². The van der Waals surface area contributed by atoms with Gasteiger partial charge in [-0.25, -0.2) is 0 Å². The molecule has 9 nitrogen and oxygen atoms in total. The molecule has 0 aliphatic carbocycles. The average Bonchev–Trinajstić information content (AvgIpc) is 2.95. The van der Waals surface area contributed by atoms with E-state index in [-0.39, 0.29) is 12.2 Å². The van der Waals surface area contributed by atoms with E-state index in [1.165, 1.54) is 17.1 Å². The lowest BCUT2D eigenvalue weighted by Crippen LogP contribution is -2.40. The van der Waals surface area contributed by atoms with Crippen molar-refractivity contribution in [2.75, 3.05) is 13.2 Å². The molecule has 21 heavy (non-hydrogen) atoms. The van der Waals surface area contributed by atoms with E-state index >= 15 is 0 Å². The molecule has 1 unspecified atom stereocenters. The standard InChI is InChI=1S/C11H12FN7O2/c12-5-9(14-16-13)6-18-7-11(15-17-18)8-1-3-10(4-2-8)19(20)21/h1-4,7,9,15,17H,5-6H2. The van der Waals surface area contributed by atoms with Crippen LogP contribution >= 0.6 is 0 Å². The zero-order chi connectivity index (χ0) is 15.2. The molecule has 10 heteroatoms. The number of benzene rings is 1. The van der Waals surface area contributed by atoms with Crippen LogP contribution in [0.5, 0.6) is 0 Å². The third-order valence-corrected chi connectivity index (χ3v) is 2.81. The van der Waals surface area contributed by atoms with Gasteiger partial charge < -0.3 is 5.43 Å². The third-order valence-electron chi connectivity index (χ3n) is 2.81. The number of halogens is 1. The zero-order valence-electron chi connectivity index (χ0n) is 10.8. The first-order valence-electron chi connectivity index (χ1n) is 5.99. The zero-order valence-corrected chi connectivity index (χ0v) is 10.8. The lowest BCUT2D eigenvalue weighted by atomic mass is 10.1. The molecule has 1 atom stereocenters. The van der Waals surface area contributed by atoms with Crippen LogP contribution in [-0.4, -0.2) is 29.2 Å². The van der Waals surface area contributed by atoms with Crippen molar-refractivity contribution in [1.29, 1.82) is 0 Å². The molecule has 2 rings (SSSR count). The number of nitro benzene ring substituents is 1. The van der Waals surface area contributed by atoms with E-state index in [4.69, 9.17) is 5.53 Å². The van der Waals surface area contributed by atoms with E-state index in [9.17, 15) is 14.5 Å². The molecule has 110 valence electrons. The molecule has 2 N–H and O–H groups in total. The molecule has 1 aliphatic rings. The van der Waals surface area contributed by atoms with Crippen molar-refractivity contribution in [3.05, 3.63) is 56.6 Å². The summed E-state index contributed by atoms with van der Waals surface area (Å²) >= 11 is 0. The molecular weight excluding hydrogens is 281 g/mol. The number of non-ortho nitro benzene ring substituents is 1. The summed E-state index contributed by atoms with van der Waals surface area (Å²) < 4.78 is 12.6. The Morgan fingerprint density at radius 1 is 1.48 bits per heavy atom. The first kappa shape index (κ1) is 14.6. The number of nitro groups is 1. The molecule has 0 bridgehead atoms. The SMILES string of the molecule is [N-]=[N+]=NC(CF)CN1C=C(c2ccc([N+](=O)[O-])cc2)NN1. The van der Waals surface area contributed by atoms with Crippen LogP contribution < -0.4 is 11.0 Å². The summed E-state index contributed by atoms with van der Waals surface area (Å²) in [4.78, 5) is 12.7. The summed E-state index contributed by atoms with van der Waals surface area (Å²) in [6.07, 6.45) is 1.66. The van der Waals surface area contributed by atoms with Crippen molar-refractivity contribution < 1.29 is 9.31 Å². The Labute approximate surface area is 118 Å². The molecule has 1 aliphatic heterocycles. The lowest BCUT2D eigenvalue weighted by Gasteiger charge is -2.17. The van der Waals surface area contributed by atoms with E-state index in [1.54, 1.807) is 18.3 Å². The third kappa shape index (κ3) is 3.59. The maximum absolute atomic E-state index is 12.6. The van der Waals surface area contributed by atoms with Crippen molar-refractivity contribution in [3.8, 4) is 0 Å². The van der Waals surface area contributed by atoms with Crippen LogP contribution in [0.2, 0.25) is 0 Å². The predicted octanol–water partition coefficient (Wildman–Crippen LogP) is 1.87. The maximum Gasteiger partial charge on any atom is 0.269 e. The summed E-state index contributed by atoms with van der Waals surface area (Å²) in [5, 5.41) is 15.4. The molecule has 0 radical (unpaired) electrons. The van der Waals surface area contributed by atoms with E-state index in [0.29, 0.717) is 5.70 Å². The molecule has 0 spiro atoms. The summed E-state index contributed by atoms with van der Waals surface area (Å²) in [7, 11) is 0. The Bertz CT molecular complexity index is 597. The van der Waals surface area contributed by atoms with Crippen LogP contribution in [0.15, 0.2) is 35.6 Å². The van der Waals surface area contributed by atoms with E-state index in [2.05, 4.69) is 21.0 Å². The molecule has 0 amide bonds. The van der Waals surface area contributed by atoms with Crippen LogP contribution in [0.3, 0.4) is 0 Å². The maximum atomic E-state index is 12.6. The van der Waals surface area contributed by atoms with Crippen LogP contribution in [0.1, 0.15) is 5.56 Å². The van der Waals surface area contributed by atoms with Crippen LogP contribution in [-0.2, 0) is 0 Å². The first-order chi connectivity index (χ1) is 10.1. The number of hydrogen-bond acceptors (Lipinski definition) is 6. The Hall–Kier alpha value is -2.84. The second kappa shape index (κ2) is 6.55. The molecule has 0 saturated heterocycles. The minimum absolute atomic E-state index is 0.00279. The summed E-state index contributed by atoms with van der Waals surface area (Å²) in [6.45, 7) is -0.604. The quantitative estimate of drug-likeness (QED) is 0.273. The van der Waals surface area contributed by atoms with Gasteiger partial charge in [0.05, 0.1) is 23.3 Å². The number of rotatable bonds is 6. The van der Waals surface area contributed by atoms with Crippen LogP contribution in [0.4, 0.5) is 10.1 Å². The van der Waals surface area contributed by atoms with Gasteiger partial charge in [0.25, 0.3) is 5.69 Å². The van der Waals surface area contributed by atoms with Gasteiger partial charge in [0.2, 0.25) is 0 Å². The molecule has 1 aromatic rings. The topological polar surface area (TPSA) is 119 Å². The number of hydrogen-bond donors (Lipinski definition) is 2. The fraction of sp³-hybridized carbons (Fsp3) is 0.273. The van der Waals surface area contributed by atoms with Crippen molar-refractivity contribution in [1.82, 2.24) is 16.0 Å². The van der Waals surface area contributed by atoms with Gasteiger partial charge in [-0.1, -0.05) is 5.11 Å². The minimum Gasteiger partial charge on any atom is -0.302 e. The second-order valence-electron chi connectivity index (χ2n) is 4.25. The van der Waals surface area contributed by atoms with Crippen LogP contribution in [0.25, 0.3) is 16.1 Å². The largest absolute Gasteiger partial charge is 0.302 e. The van der Waals surface area contributed by atoms with Crippen LogP contribution in [0, 0.1) is 10.1 Å². The van der Waals surface area contributed by atoms with Gasteiger partial charge in [-0.2, -0.15) is 0 Å². The number of nitrogens with one attached hydrogen (secondary N) is 2. The number of nitrogens with zero attached hydrogens (tertiary/aromatic N) is 5. The van der Waals surface area contributed by atoms with Crippen molar-refractivity contribution >= 4 is 11.4 Å². The molecule has 0 aromatic heterocycles. The number of hydrazine groups is 2. The fourth-order valence-electron chi connectivity index (χ4n) is 1.78. The second-order valence-corrected chi connectivity index (χ2v) is 4.25. The van der Waals surface area contributed by atoms with Gasteiger partial charge in [-0.3, -0.25) is 19.5 Å². The van der Waals surface area contributed by atoms with Gasteiger partial charge in [0.1, 0.15) is 0 Å². The predicted molar refractivity (Wildman–Crippen MR) is 73.0 cm³/mol. The molecule has 0 fully saturated rings. The van der Waals surface area contributed by atoms with Gasteiger partial charge >= 0.3 is 0 Å². The molecule has 0 saturated carbocycles. The van der Waals surface area contributed by atoms with E-state index in [0.717, 1.165) is 5.56 Å². The summed E-state index contributed by atoms with van der Waals surface area (Å²) in [5.41, 5.74) is 15.3. The van der Waals surface area contributed by atoms with Gasteiger partial charge in [-0.15, -0.1) is 5.53 Å². The molecule has 1 heterocycles. The molecular formula is C11H12FN7O2. The Balaban J connectivity index is 2.06. The number of alkyl halides is 1. The Morgan fingerprint density at radius 2 is 2.19 bits per heavy atom. The van der Waals surface area contributed by atoms with Gasteiger partial charge in [0, 0.05) is 35.4 Å². The normalized spacial score (nSPS) is 14.9. The first-order valence-corrected chi connectivity index (χ1v) is 5.99. The monoisotopic (exact) mass is 293 g/mol. The summed E-state index contributed by atoms with van der Waals surface area (Å²) in [5.74, 6) is 0. The Kier molecular flexibility index (Phi) is 4.54. The van der Waals surface area contributed by atoms with Crippen molar-refractivity contribution in [2.45, 2.75) is 6.04 Å². The Morgan fingerprint density at radius 3 is 2.76 bits per heavy atom. The highest BCUT2D eigenvalue weighted by Crippen LogP contribution is 2.19. The van der Waals surface area contributed by atoms with Gasteiger partial charge in [-0.05, 0) is 17.7 Å². The lowest BCUT2D eigenvalue weighted by molar-refractivity contribution is -0.384. The van der Waals surface area contributed by atoms with E-state index in [1.807, 2.05) is 0 Å². The average molecular weight is 293 g/mol.